The summed E-state index contributed by atoms with van der Waals surface area (Å²) in [6, 6.07) is 0.552. The van der Waals surface area contributed by atoms with E-state index in [0.29, 0.717) is 6.04 Å². The van der Waals surface area contributed by atoms with Crippen LogP contribution in [0.25, 0.3) is 0 Å². The van der Waals surface area contributed by atoms with Gasteiger partial charge in [0.25, 0.3) is 0 Å². The van der Waals surface area contributed by atoms with E-state index in [1.807, 2.05) is 4.57 Å². The van der Waals surface area contributed by atoms with Crippen molar-refractivity contribution < 1.29 is 5.11 Å². The fourth-order valence-corrected chi connectivity index (χ4v) is 1.20. The third-order valence-electron chi connectivity index (χ3n) is 2.54. The largest absolute Gasteiger partial charge is 0.390 e. The molecule has 0 aliphatic rings. The van der Waals surface area contributed by atoms with Crippen LogP contribution >= 0.6 is 0 Å². The van der Waals surface area contributed by atoms with Gasteiger partial charge in [-0.2, -0.15) is 0 Å². The lowest BCUT2D eigenvalue weighted by Gasteiger charge is -2.21. The first-order valence-electron chi connectivity index (χ1n) is 4.95. The maximum atomic E-state index is 9.01. The second kappa shape index (κ2) is 5.12. The quantitative estimate of drug-likeness (QED) is 0.756. The Hall–Kier alpha value is -0.870. The Labute approximate surface area is 85.2 Å². The van der Waals surface area contributed by atoms with Gasteiger partial charge in [-0.1, -0.05) is 0 Å². The van der Waals surface area contributed by atoms with E-state index in [9.17, 15) is 0 Å². The Morgan fingerprint density at radius 3 is 2.86 bits per heavy atom. The molecule has 0 aromatic carbocycles. The molecule has 0 unspecified atom stereocenters. The molecule has 4 nitrogen and oxygen atoms in total. The molecule has 0 saturated heterocycles. The molecule has 0 bridgehead atoms. The van der Waals surface area contributed by atoms with Crippen LogP contribution in [-0.4, -0.2) is 39.2 Å². The number of imidazole rings is 1. The molecule has 0 aliphatic carbocycles. The molecule has 0 aliphatic heterocycles. The molecule has 0 spiro atoms. The van der Waals surface area contributed by atoms with Gasteiger partial charge in [-0.25, -0.2) is 4.98 Å². The van der Waals surface area contributed by atoms with Crippen LogP contribution in [0.15, 0.2) is 12.5 Å². The highest BCUT2D eigenvalue weighted by Crippen LogP contribution is 2.00. The van der Waals surface area contributed by atoms with Crippen LogP contribution in [0.1, 0.15) is 19.5 Å². The molecule has 0 radical (unpaired) electrons. The van der Waals surface area contributed by atoms with E-state index in [1.54, 1.807) is 12.5 Å². The monoisotopic (exact) mass is 197 g/mol. The second-order valence-corrected chi connectivity index (χ2v) is 3.81. The molecule has 14 heavy (non-hydrogen) atoms. The van der Waals surface area contributed by atoms with Crippen molar-refractivity contribution in [3.8, 4) is 0 Å². The molecule has 0 fully saturated rings. The number of hydrogen-bond acceptors (Lipinski definition) is 3. The lowest BCUT2D eigenvalue weighted by Crippen LogP contribution is -2.29. The van der Waals surface area contributed by atoms with E-state index in [4.69, 9.17) is 5.11 Å². The van der Waals surface area contributed by atoms with Gasteiger partial charge >= 0.3 is 0 Å². The molecule has 0 amide bonds. The van der Waals surface area contributed by atoms with Crippen molar-refractivity contribution in [2.45, 2.75) is 33.0 Å². The summed E-state index contributed by atoms with van der Waals surface area (Å²) in [7, 11) is 2.10. The van der Waals surface area contributed by atoms with Gasteiger partial charge in [0, 0.05) is 19.1 Å². The lowest BCUT2D eigenvalue weighted by atomic mass is 10.3. The molecule has 1 heterocycles. The highest BCUT2D eigenvalue weighted by Gasteiger charge is 2.04. The van der Waals surface area contributed by atoms with Gasteiger partial charge in [0.05, 0.1) is 24.8 Å². The van der Waals surface area contributed by atoms with E-state index in [-0.39, 0.29) is 6.61 Å². The molecule has 80 valence electrons. The van der Waals surface area contributed by atoms with Crippen LogP contribution in [0.2, 0.25) is 0 Å². The fraction of sp³-hybridized carbons (Fsp3) is 0.700. The number of aliphatic hydroxyl groups is 1. The first kappa shape index (κ1) is 11.2. The van der Waals surface area contributed by atoms with Gasteiger partial charge in [0.1, 0.15) is 0 Å². The number of nitrogens with zero attached hydrogens (tertiary/aromatic N) is 3. The summed E-state index contributed by atoms with van der Waals surface area (Å²) in [6.45, 7) is 6.25. The first-order chi connectivity index (χ1) is 6.65. The summed E-state index contributed by atoms with van der Waals surface area (Å²) in [5.41, 5.74) is 0.877. The van der Waals surface area contributed by atoms with Crippen molar-refractivity contribution >= 4 is 0 Å². The number of aliphatic hydroxyl groups excluding tert-OH is 1. The molecule has 4 heteroatoms. The normalized spacial score (nSPS) is 11.6. The van der Waals surface area contributed by atoms with Gasteiger partial charge in [-0.15, -0.1) is 0 Å². The molecule has 1 aromatic heterocycles. The number of likely N-dealkylation sites (N-methyl/N-ethyl adjacent to an activating group) is 1. The van der Waals surface area contributed by atoms with Gasteiger partial charge in [0.15, 0.2) is 0 Å². The summed E-state index contributed by atoms with van der Waals surface area (Å²) in [4.78, 5) is 6.27. The van der Waals surface area contributed by atoms with E-state index >= 15 is 0 Å². The van der Waals surface area contributed by atoms with Crippen molar-refractivity contribution in [3.05, 3.63) is 18.2 Å². The summed E-state index contributed by atoms with van der Waals surface area (Å²) in [5, 5.41) is 9.01. The zero-order valence-electron chi connectivity index (χ0n) is 9.14. The minimum Gasteiger partial charge on any atom is -0.390 e. The van der Waals surface area contributed by atoms with Gasteiger partial charge in [0.2, 0.25) is 0 Å². The zero-order chi connectivity index (χ0) is 10.6. The smallest absolute Gasteiger partial charge is 0.0949 e. The Bertz CT molecular complexity index is 270. The molecule has 1 rings (SSSR count). The predicted octanol–water partition coefficient (Wildman–Crippen LogP) is 0.716. The van der Waals surface area contributed by atoms with Crippen LogP contribution in [0.5, 0.6) is 0 Å². The second-order valence-electron chi connectivity index (χ2n) is 3.81. The van der Waals surface area contributed by atoms with Crippen LogP contribution in [-0.2, 0) is 13.2 Å². The fourth-order valence-electron chi connectivity index (χ4n) is 1.20. The maximum absolute atomic E-state index is 9.01. The SMILES string of the molecule is CC(C)N(C)CCn1cncc1CO. The number of aromatic nitrogens is 2. The first-order valence-corrected chi connectivity index (χ1v) is 4.95. The van der Waals surface area contributed by atoms with Crippen molar-refractivity contribution in [2.75, 3.05) is 13.6 Å². The third-order valence-corrected chi connectivity index (χ3v) is 2.54. The van der Waals surface area contributed by atoms with Gasteiger partial charge in [-0.05, 0) is 20.9 Å². The van der Waals surface area contributed by atoms with E-state index in [1.165, 1.54) is 0 Å². The Kier molecular flexibility index (Phi) is 4.10. The van der Waals surface area contributed by atoms with Crippen molar-refractivity contribution in [1.82, 2.24) is 14.5 Å². The average Bonchev–Trinajstić information content (AvgIpc) is 2.60. The standard InChI is InChI=1S/C10H19N3O/c1-9(2)12(3)4-5-13-8-11-6-10(13)7-14/h6,8-9,14H,4-5,7H2,1-3H3. The highest BCUT2D eigenvalue weighted by atomic mass is 16.3. The number of hydrogen-bond donors (Lipinski definition) is 1. The predicted molar refractivity (Wildman–Crippen MR) is 55.9 cm³/mol. The van der Waals surface area contributed by atoms with Crippen LogP contribution < -0.4 is 0 Å². The summed E-state index contributed by atoms with van der Waals surface area (Å²) < 4.78 is 1.98. The molecule has 0 atom stereocenters. The summed E-state index contributed by atoms with van der Waals surface area (Å²) in [5.74, 6) is 0. The van der Waals surface area contributed by atoms with Crippen LogP contribution in [0, 0.1) is 0 Å². The molecular weight excluding hydrogens is 178 g/mol. The maximum Gasteiger partial charge on any atom is 0.0949 e. The minimum atomic E-state index is 0.0609. The Morgan fingerprint density at radius 1 is 1.57 bits per heavy atom. The van der Waals surface area contributed by atoms with Gasteiger partial charge < -0.3 is 14.6 Å². The van der Waals surface area contributed by atoms with Gasteiger partial charge in [-0.3, -0.25) is 0 Å². The summed E-state index contributed by atoms with van der Waals surface area (Å²) in [6.07, 6.45) is 3.47. The molecule has 0 saturated carbocycles. The van der Waals surface area contributed by atoms with Crippen LogP contribution in [0.3, 0.4) is 0 Å². The van der Waals surface area contributed by atoms with E-state index in [0.717, 1.165) is 18.8 Å². The topological polar surface area (TPSA) is 41.3 Å². The Balaban J connectivity index is 2.45. The summed E-state index contributed by atoms with van der Waals surface area (Å²) >= 11 is 0. The molecule has 1 N–H and O–H groups in total. The van der Waals surface area contributed by atoms with E-state index < -0.39 is 0 Å². The Morgan fingerprint density at radius 2 is 2.29 bits per heavy atom. The highest BCUT2D eigenvalue weighted by molar-refractivity contribution is 4.95. The number of rotatable bonds is 5. The van der Waals surface area contributed by atoms with E-state index in [2.05, 4.69) is 30.8 Å². The molecular formula is C10H19N3O. The van der Waals surface area contributed by atoms with Crippen molar-refractivity contribution in [1.29, 1.82) is 0 Å². The van der Waals surface area contributed by atoms with Crippen molar-refractivity contribution in [3.63, 3.8) is 0 Å². The van der Waals surface area contributed by atoms with Crippen LogP contribution in [0.4, 0.5) is 0 Å². The minimum absolute atomic E-state index is 0.0609. The molecule has 1 aromatic rings. The third kappa shape index (κ3) is 2.82. The average molecular weight is 197 g/mol. The lowest BCUT2D eigenvalue weighted by molar-refractivity contribution is 0.248. The zero-order valence-corrected chi connectivity index (χ0v) is 9.14. The van der Waals surface area contributed by atoms with Crippen molar-refractivity contribution in [2.24, 2.45) is 0 Å².